The van der Waals surface area contributed by atoms with E-state index in [0.29, 0.717) is 10.7 Å². The summed E-state index contributed by atoms with van der Waals surface area (Å²) in [6.07, 6.45) is 0. The van der Waals surface area contributed by atoms with Crippen LogP contribution < -0.4 is 10.1 Å². The number of para-hydroxylation sites is 1. The van der Waals surface area contributed by atoms with Crippen LogP contribution in [0.3, 0.4) is 0 Å². The van der Waals surface area contributed by atoms with Crippen LogP contribution in [0, 0.1) is 0 Å². The Morgan fingerprint density at radius 3 is 2.09 bits per heavy atom. The maximum atomic E-state index is 13.8. The maximum absolute atomic E-state index is 13.8. The van der Waals surface area contributed by atoms with Crippen molar-refractivity contribution >= 4 is 34.6 Å². The highest BCUT2D eigenvalue weighted by molar-refractivity contribution is 7.80. The van der Waals surface area contributed by atoms with Crippen molar-refractivity contribution in [2.45, 2.75) is 6.04 Å². The number of anilines is 1. The van der Waals surface area contributed by atoms with E-state index in [9.17, 15) is 4.79 Å². The Bertz CT molecular complexity index is 1140. The van der Waals surface area contributed by atoms with Gasteiger partial charge in [-0.3, -0.25) is 4.79 Å². The zero-order valence-electron chi connectivity index (χ0n) is 18.3. The number of hydrogen-bond acceptors (Lipinski definition) is 3. The van der Waals surface area contributed by atoms with Gasteiger partial charge in [-0.15, -0.1) is 0 Å². The normalized spacial score (nSPS) is 16.2. The first kappa shape index (κ1) is 21.6. The minimum atomic E-state index is -0.358. The summed E-state index contributed by atoms with van der Waals surface area (Å²) < 4.78 is 5.33. The van der Waals surface area contributed by atoms with Gasteiger partial charge in [0, 0.05) is 19.8 Å². The molecule has 1 aliphatic rings. The number of hydrogen-bond donors (Lipinski definition) is 1. The number of methoxy groups -OCH3 is 1. The van der Waals surface area contributed by atoms with E-state index < -0.39 is 0 Å². The fourth-order valence-corrected chi connectivity index (χ4v) is 4.22. The lowest BCUT2D eigenvalue weighted by Crippen LogP contribution is -2.47. The third-order valence-corrected chi connectivity index (χ3v) is 6.16. The molecule has 0 saturated carbocycles. The van der Waals surface area contributed by atoms with Crippen molar-refractivity contribution in [3.8, 4) is 5.75 Å². The molecule has 0 radical (unpaired) electrons. The molecule has 162 valence electrons. The van der Waals surface area contributed by atoms with E-state index >= 15 is 0 Å². The second-order valence-corrected chi connectivity index (χ2v) is 7.94. The lowest BCUT2D eigenvalue weighted by atomic mass is 9.90. The Balaban J connectivity index is 1.91. The summed E-state index contributed by atoms with van der Waals surface area (Å²) in [7, 11) is 5.46. The summed E-state index contributed by atoms with van der Waals surface area (Å²) in [5, 5.41) is 3.71. The van der Waals surface area contributed by atoms with E-state index in [4.69, 9.17) is 17.0 Å². The van der Waals surface area contributed by atoms with Gasteiger partial charge < -0.3 is 19.9 Å². The Morgan fingerprint density at radius 2 is 1.50 bits per heavy atom. The third-order valence-electron chi connectivity index (χ3n) is 5.59. The Morgan fingerprint density at radius 1 is 0.906 bits per heavy atom. The molecule has 0 aromatic heterocycles. The molecule has 0 unspecified atom stereocenters. The van der Waals surface area contributed by atoms with Crippen LogP contribution in [0.15, 0.2) is 90.5 Å². The number of benzene rings is 3. The van der Waals surface area contributed by atoms with Crippen molar-refractivity contribution in [3.63, 3.8) is 0 Å². The second kappa shape index (κ2) is 9.24. The zero-order valence-corrected chi connectivity index (χ0v) is 19.1. The van der Waals surface area contributed by atoms with Crippen LogP contribution >= 0.6 is 12.2 Å². The Labute approximate surface area is 193 Å². The van der Waals surface area contributed by atoms with Crippen LogP contribution in [-0.4, -0.2) is 42.0 Å². The van der Waals surface area contributed by atoms with Gasteiger partial charge in [0.15, 0.2) is 5.11 Å². The van der Waals surface area contributed by atoms with Crippen molar-refractivity contribution in [2.75, 3.05) is 26.5 Å². The summed E-state index contributed by atoms with van der Waals surface area (Å²) in [6, 6.07) is 26.8. The highest BCUT2D eigenvalue weighted by Gasteiger charge is 2.38. The van der Waals surface area contributed by atoms with Crippen molar-refractivity contribution in [2.24, 2.45) is 0 Å². The van der Waals surface area contributed by atoms with E-state index in [-0.39, 0.29) is 11.9 Å². The van der Waals surface area contributed by atoms with Gasteiger partial charge in [-0.25, -0.2) is 0 Å². The number of likely N-dealkylation sites (N-methyl/N-ethyl adjacent to an activating group) is 1. The molecule has 6 heteroatoms. The summed E-state index contributed by atoms with van der Waals surface area (Å²) in [4.78, 5) is 17.6. The Kier molecular flexibility index (Phi) is 6.23. The molecule has 1 amide bonds. The molecule has 0 spiro atoms. The number of thiocarbonyl (C=S) groups is 1. The van der Waals surface area contributed by atoms with Crippen LogP contribution in [-0.2, 0) is 4.79 Å². The molecular formula is C26H25N3O2S. The molecule has 1 atom stereocenters. The molecule has 1 heterocycles. The highest BCUT2D eigenvalue weighted by atomic mass is 32.1. The van der Waals surface area contributed by atoms with E-state index in [0.717, 1.165) is 28.3 Å². The van der Waals surface area contributed by atoms with Crippen LogP contribution in [0.4, 0.5) is 5.69 Å². The minimum Gasteiger partial charge on any atom is -0.497 e. The van der Waals surface area contributed by atoms with E-state index in [1.165, 1.54) is 0 Å². The minimum absolute atomic E-state index is 0.169. The van der Waals surface area contributed by atoms with Crippen molar-refractivity contribution in [1.82, 2.24) is 9.80 Å². The molecule has 1 N–H and O–H groups in total. The van der Waals surface area contributed by atoms with Gasteiger partial charge in [0.2, 0.25) is 0 Å². The van der Waals surface area contributed by atoms with Gasteiger partial charge in [0.1, 0.15) is 5.75 Å². The van der Waals surface area contributed by atoms with Crippen LogP contribution in [0.1, 0.15) is 17.2 Å². The van der Waals surface area contributed by atoms with Gasteiger partial charge in [0.05, 0.1) is 24.4 Å². The number of rotatable bonds is 5. The van der Waals surface area contributed by atoms with E-state index in [1.807, 2.05) is 109 Å². The molecule has 0 fully saturated rings. The van der Waals surface area contributed by atoms with E-state index in [2.05, 4.69) is 5.32 Å². The fraction of sp³-hybridized carbons (Fsp3) is 0.154. The van der Waals surface area contributed by atoms with Gasteiger partial charge >= 0.3 is 0 Å². The zero-order chi connectivity index (χ0) is 22.7. The van der Waals surface area contributed by atoms with E-state index in [1.54, 1.807) is 7.11 Å². The number of carbonyl (C=O) groups is 1. The first-order chi connectivity index (χ1) is 15.5. The van der Waals surface area contributed by atoms with Crippen molar-refractivity contribution in [1.29, 1.82) is 0 Å². The number of nitrogens with zero attached hydrogens (tertiary/aromatic N) is 2. The topological polar surface area (TPSA) is 44.8 Å². The number of amides is 1. The molecule has 3 aromatic carbocycles. The maximum Gasteiger partial charge on any atom is 0.256 e. The van der Waals surface area contributed by atoms with Crippen molar-refractivity contribution < 1.29 is 9.53 Å². The lowest BCUT2D eigenvalue weighted by molar-refractivity contribution is -0.113. The van der Waals surface area contributed by atoms with Gasteiger partial charge in [0.25, 0.3) is 5.91 Å². The summed E-state index contributed by atoms with van der Waals surface area (Å²) >= 11 is 5.78. The first-order valence-electron chi connectivity index (χ1n) is 10.3. The molecule has 5 nitrogen and oxygen atoms in total. The smallest absolute Gasteiger partial charge is 0.256 e. The quantitative estimate of drug-likeness (QED) is 0.566. The van der Waals surface area contributed by atoms with Crippen LogP contribution in [0.25, 0.3) is 5.70 Å². The average Bonchev–Trinajstić information content (AvgIpc) is 2.83. The molecule has 0 bridgehead atoms. The van der Waals surface area contributed by atoms with Gasteiger partial charge in [-0.1, -0.05) is 60.7 Å². The molecule has 0 aliphatic carbocycles. The fourth-order valence-electron chi connectivity index (χ4n) is 4.02. The molecule has 0 saturated heterocycles. The molecular weight excluding hydrogens is 418 g/mol. The molecule has 32 heavy (non-hydrogen) atoms. The predicted molar refractivity (Wildman–Crippen MR) is 132 cm³/mol. The number of carbonyl (C=O) groups excluding carboxylic acids is 1. The summed E-state index contributed by atoms with van der Waals surface area (Å²) in [5.41, 5.74) is 4.05. The second-order valence-electron chi connectivity index (χ2n) is 7.58. The van der Waals surface area contributed by atoms with Crippen LogP contribution in [0.5, 0.6) is 5.75 Å². The van der Waals surface area contributed by atoms with Gasteiger partial charge in [-0.05, 0) is 47.6 Å². The predicted octanol–water partition coefficient (Wildman–Crippen LogP) is 4.95. The number of nitrogens with one attached hydrogen (secondary N) is 1. The highest BCUT2D eigenvalue weighted by Crippen LogP contribution is 2.40. The monoisotopic (exact) mass is 443 g/mol. The largest absolute Gasteiger partial charge is 0.497 e. The first-order valence-corrected chi connectivity index (χ1v) is 10.7. The van der Waals surface area contributed by atoms with Crippen molar-refractivity contribution in [3.05, 3.63) is 102 Å². The standard InChI is InChI=1S/C26H25N3O2S/c1-28-23(18-10-6-4-7-11-18)22(25(30)27-20-12-8-5-9-13-20)24(29(2)26(28)32)19-14-16-21(31-3)17-15-19/h4-17,24H,1-3H3,(H,27,30)/t24-/m0/s1. The average molecular weight is 444 g/mol. The van der Waals surface area contributed by atoms with Crippen LogP contribution in [0.2, 0.25) is 0 Å². The SMILES string of the molecule is COc1ccc([C@H]2C(C(=O)Nc3ccccc3)=C(c3ccccc3)N(C)C(=S)N2C)cc1. The lowest BCUT2D eigenvalue weighted by Gasteiger charge is -2.43. The summed E-state index contributed by atoms with van der Waals surface area (Å²) in [6.45, 7) is 0. The molecule has 4 rings (SSSR count). The summed E-state index contributed by atoms with van der Waals surface area (Å²) in [5.74, 6) is 0.589. The third kappa shape index (κ3) is 4.09. The Hall–Kier alpha value is -3.64. The van der Waals surface area contributed by atoms with Gasteiger partial charge in [-0.2, -0.15) is 0 Å². The number of ether oxygens (including phenoxy) is 1. The molecule has 1 aliphatic heterocycles. The molecule has 3 aromatic rings.